The Bertz CT molecular complexity index is 460. The largest absolute Gasteiger partial charge is 0.441 e. The van der Waals surface area contributed by atoms with Crippen molar-refractivity contribution in [3.8, 4) is 0 Å². The maximum atomic E-state index is 5.67. The molecule has 80 valence electrons. The van der Waals surface area contributed by atoms with E-state index in [4.69, 9.17) is 10.2 Å². The summed E-state index contributed by atoms with van der Waals surface area (Å²) in [5.74, 6) is 1.48. The van der Waals surface area contributed by atoms with Crippen LogP contribution in [0.5, 0.6) is 0 Å². The molecular formula is C12H16N2O. The summed E-state index contributed by atoms with van der Waals surface area (Å²) in [4.78, 5) is 4.40. The van der Waals surface area contributed by atoms with Crippen molar-refractivity contribution in [3.63, 3.8) is 0 Å². The first kappa shape index (κ1) is 10.0. The SMILES string of the molecule is CC(C)CCc1nc2cc(N)ccc2o1. The van der Waals surface area contributed by atoms with Gasteiger partial charge in [0.1, 0.15) is 5.52 Å². The fourth-order valence-electron chi connectivity index (χ4n) is 1.51. The number of hydrogen-bond donors (Lipinski definition) is 1. The van der Waals surface area contributed by atoms with Crippen LogP contribution < -0.4 is 5.73 Å². The zero-order valence-corrected chi connectivity index (χ0v) is 9.16. The van der Waals surface area contributed by atoms with Gasteiger partial charge in [-0.25, -0.2) is 4.98 Å². The van der Waals surface area contributed by atoms with Gasteiger partial charge in [0, 0.05) is 12.1 Å². The minimum Gasteiger partial charge on any atom is -0.441 e. The van der Waals surface area contributed by atoms with E-state index in [1.165, 1.54) is 0 Å². The number of nitrogen functional groups attached to an aromatic ring is 1. The number of aryl methyl sites for hydroxylation is 1. The monoisotopic (exact) mass is 204 g/mol. The first-order valence-electron chi connectivity index (χ1n) is 5.30. The van der Waals surface area contributed by atoms with Crippen LogP contribution in [0, 0.1) is 5.92 Å². The summed E-state index contributed by atoms with van der Waals surface area (Å²) >= 11 is 0. The Labute approximate surface area is 89.3 Å². The van der Waals surface area contributed by atoms with Crippen LogP contribution in [0.1, 0.15) is 26.2 Å². The van der Waals surface area contributed by atoms with Gasteiger partial charge >= 0.3 is 0 Å². The third-order valence-corrected chi connectivity index (χ3v) is 2.39. The van der Waals surface area contributed by atoms with Crippen LogP contribution in [-0.4, -0.2) is 4.98 Å². The van der Waals surface area contributed by atoms with Crippen LogP contribution in [0.3, 0.4) is 0 Å². The lowest BCUT2D eigenvalue weighted by atomic mass is 10.1. The molecule has 0 amide bonds. The zero-order valence-electron chi connectivity index (χ0n) is 9.16. The minimum atomic E-state index is 0.671. The maximum Gasteiger partial charge on any atom is 0.195 e. The van der Waals surface area contributed by atoms with E-state index in [-0.39, 0.29) is 0 Å². The second kappa shape index (κ2) is 3.93. The molecular weight excluding hydrogens is 188 g/mol. The summed E-state index contributed by atoms with van der Waals surface area (Å²) in [5, 5.41) is 0. The van der Waals surface area contributed by atoms with Gasteiger partial charge in [-0.1, -0.05) is 13.8 Å². The van der Waals surface area contributed by atoms with Gasteiger partial charge in [0.2, 0.25) is 0 Å². The molecule has 1 aromatic heterocycles. The number of anilines is 1. The Balaban J connectivity index is 2.23. The zero-order chi connectivity index (χ0) is 10.8. The number of nitrogens with zero attached hydrogens (tertiary/aromatic N) is 1. The standard InChI is InChI=1S/C12H16N2O/c1-8(2)3-6-12-14-10-7-9(13)4-5-11(10)15-12/h4-5,7-8H,3,6,13H2,1-2H3. The average Bonchev–Trinajstić information content (AvgIpc) is 2.56. The number of fused-ring (bicyclic) bond motifs is 1. The highest BCUT2D eigenvalue weighted by Gasteiger charge is 2.06. The molecule has 0 saturated carbocycles. The van der Waals surface area contributed by atoms with Crippen molar-refractivity contribution in [3.05, 3.63) is 24.1 Å². The Hall–Kier alpha value is -1.51. The molecule has 0 saturated heterocycles. The Morgan fingerprint density at radius 1 is 1.40 bits per heavy atom. The molecule has 0 unspecified atom stereocenters. The number of oxazole rings is 1. The molecule has 0 fully saturated rings. The van der Waals surface area contributed by atoms with Gasteiger partial charge in [-0.2, -0.15) is 0 Å². The molecule has 0 aliphatic carbocycles. The first-order chi connectivity index (χ1) is 7.15. The first-order valence-corrected chi connectivity index (χ1v) is 5.30. The molecule has 2 aromatic rings. The molecule has 1 aromatic carbocycles. The number of rotatable bonds is 3. The van der Waals surface area contributed by atoms with E-state index in [1.54, 1.807) is 0 Å². The molecule has 0 spiro atoms. The van der Waals surface area contributed by atoms with Gasteiger partial charge in [0.25, 0.3) is 0 Å². The van der Waals surface area contributed by atoms with Gasteiger partial charge in [-0.3, -0.25) is 0 Å². The normalized spacial score (nSPS) is 11.4. The highest BCUT2D eigenvalue weighted by molar-refractivity contribution is 5.76. The van der Waals surface area contributed by atoms with Crippen molar-refractivity contribution in [2.75, 3.05) is 5.73 Å². The van der Waals surface area contributed by atoms with Gasteiger partial charge in [-0.05, 0) is 30.5 Å². The Morgan fingerprint density at radius 2 is 2.20 bits per heavy atom. The summed E-state index contributed by atoms with van der Waals surface area (Å²) in [5.41, 5.74) is 8.08. The summed E-state index contributed by atoms with van der Waals surface area (Å²) in [7, 11) is 0. The van der Waals surface area contributed by atoms with E-state index < -0.39 is 0 Å². The van der Waals surface area contributed by atoms with Crippen LogP contribution in [0.25, 0.3) is 11.1 Å². The molecule has 3 heteroatoms. The lowest BCUT2D eigenvalue weighted by molar-refractivity contribution is 0.484. The highest BCUT2D eigenvalue weighted by atomic mass is 16.3. The van der Waals surface area contributed by atoms with Crippen LogP contribution in [-0.2, 0) is 6.42 Å². The van der Waals surface area contributed by atoms with Crippen LogP contribution in [0.2, 0.25) is 0 Å². The van der Waals surface area contributed by atoms with Gasteiger partial charge in [0.15, 0.2) is 11.5 Å². The molecule has 0 radical (unpaired) electrons. The molecule has 2 rings (SSSR count). The molecule has 2 N–H and O–H groups in total. The molecule has 0 bridgehead atoms. The summed E-state index contributed by atoms with van der Waals surface area (Å²) < 4.78 is 5.61. The predicted molar refractivity (Wildman–Crippen MR) is 61.6 cm³/mol. The summed E-state index contributed by atoms with van der Waals surface area (Å²) in [6.45, 7) is 4.39. The summed E-state index contributed by atoms with van der Waals surface area (Å²) in [6, 6.07) is 5.55. The number of nitrogens with two attached hydrogens (primary N) is 1. The van der Waals surface area contributed by atoms with Gasteiger partial charge in [-0.15, -0.1) is 0 Å². The van der Waals surface area contributed by atoms with Crippen molar-refractivity contribution >= 4 is 16.8 Å². The smallest absolute Gasteiger partial charge is 0.195 e. The Kier molecular flexibility index (Phi) is 2.62. The topological polar surface area (TPSA) is 52.0 Å². The van der Waals surface area contributed by atoms with E-state index in [1.807, 2.05) is 18.2 Å². The van der Waals surface area contributed by atoms with Crippen LogP contribution in [0.4, 0.5) is 5.69 Å². The molecule has 0 atom stereocenters. The summed E-state index contributed by atoms with van der Waals surface area (Å²) in [6.07, 6.45) is 1.99. The predicted octanol–water partition coefficient (Wildman–Crippen LogP) is 3.00. The van der Waals surface area contributed by atoms with Crippen molar-refractivity contribution in [1.29, 1.82) is 0 Å². The molecule has 3 nitrogen and oxygen atoms in total. The van der Waals surface area contributed by atoms with E-state index in [0.717, 1.165) is 35.5 Å². The second-order valence-corrected chi connectivity index (χ2v) is 4.27. The fraction of sp³-hybridized carbons (Fsp3) is 0.417. The van der Waals surface area contributed by atoms with Crippen molar-refractivity contribution in [1.82, 2.24) is 4.98 Å². The van der Waals surface area contributed by atoms with Crippen molar-refractivity contribution < 1.29 is 4.42 Å². The number of hydrogen-bond acceptors (Lipinski definition) is 3. The van der Waals surface area contributed by atoms with Gasteiger partial charge in [0.05, 0.1) is 0 Å². The van der Waals surface area contributed by atoms with E-state index >= 15 is 0 Å². The molecule has 15 heavy (non-hydrogen) atoms. The Morgan fingerprint density at radius 3 is 2.93 bits per heavy atom. The van der Waals surface area contributed by atoms with E-state index in [0.29, 0.717) is 5.92 Å². The van der Waals surface area contributed by atoms with Crippen LogP contribution >= 0.6 is 0 Å². The highest BCUT2D eigenvalue weighted by Crippen LogP contribution is 2.19. The van der Waals surface area contributed by atoms with Gasteiger partial charge < -0.3 is 10.2 Å². The lowest BCUT2D eigenvalue weighted by Crippen LogP contribution is -1.91. The molecule has 0 aliphatic rings. The third-order valence-electron chi connectivity index (χ3n) is 2.39. The minimum absolute atomic E-state index is 0.671. The second-order valence-electron chi connectivity index (χ2n) is 4.27. The quantitative estimate of drug-likeness (QED) is 0.782. The van der Waals surface area contributed by atoms with E-state index in [9.17, 15) is 0 Å². The average molecular weight is 204 g/mol. The fourth-order valence-corrected chi connectivity index (χ4v) is 1.51. The van der Waals surface area contributed by atoms with Crippen molar-refractivity contribution in [2.24, 2.45) is 5.92 Å². The number of aromatic nitrogens is 1. The molecule has 1 heterocycles. The third kappa shape index (κ3) is 2.29. The number of benzene rings is 1. The molecule has 0 aliphatic heterocycles. The van der Waals surface area contributed by atoms with Crippen LogP contribution in [0.15, 0.2) is 22.6 Å². The maximum absolute atomic E-state index is 5.67. The van der Waals surface area contributed by atoms with Crippen molar-refractivity contribution in [2.45, 2.75) is 26.7 Å². The van der Waals surface area contributed by atoms with E-state index in [2.05, 4.69) is 18.8 Å². The lowest BCUT2D eigenvalue weighted by Gasteiger charge is -1.99.